The van der Waals surface area contributed by atoms with Crippen molar-refractivity contribution in [3.63, 3.8) is 0 Å². The number of hydrogen-bond donors (Lipinski definition) is 5. The number of Topliss-reactive ketones (excluding diaryl/α,β-unsaturated/α-hetero) is 1. The lowest BCUT2D eigenvalue weighted by Crippen LogP contribution is -2.69. The Bertz CT molecular complexity index is 900. The second-order valence-electron chi connectivity index (χ2n) is 9.86. The van der Waals surface area contributed by atoms with Crippen LogP contribution in [-0.4, -0.2) is 50.9 Å². The van der Waals surface area contributed by atoms with Crippen LogP contribution in [0, 0.1) is 39.6 Å². The topological polar surface area (TPSA) is 157 Å². The predicted octanol–water partition coefficient (Wildman–Crippen LogP) is 2.01. The molecule has 0 spiro atoms. The van der Waals surface area contributed by atoms with Gasteiger partial charge in [-0.2, -0.15) is 0 Å². The average molecular weight is 437 g/mol. The van der Waals surface area contributed by atoms with Crippen molar-refractivity contribution < 1.29 is 29.3 Å². The van der Waals surface area contributed by atoms with Crippen LogP contribution < -0.4 is 4.91 Å². The minimum atomic E-state index is -1.98. The van der Waals surface area contributed by atoms with E-state index in [1.165, 1.54) is 12.2 Å². The van der Waals surface area contributed by atoms with E-state index in [4.69, 9.17) is 11.1 Å². The maximum absolute atomic E-state index is 16.9. The van der Waals surface area contributed by atoms with Gasteiger partial charge in [-0.15, -0.1) is 0 Å². The average Bonchev–Trinajstić information content (AvgIpc) is 2.91. The zero-order chi connectivity index (χ0) is 23.4. The van der Waals surface area contributed by atoms with Crippen LogP contribution in [0.15, 0.2) is 23.8 Å². The summed E-state index contributed by atoms with van der Waals surface area (Å²) in [6.07, 6.45) is 4.44. The minimum Gasteiger partial charge on any atom is -0.390 e. The van der Waals surface area contributed by atoms with Crippen LogP contribution >= 0.6 is 0 Å². The van der Waals surface area contributed by atoms with Crippen molar-refractivity contribution in [3.8, 4) is 0 Å². The second-order valence-corrected chi connectivity index (χ2v) is 9.86. The SMILES string of the molecule is C[C@@H]1C[C@H]2[C@@H]3CCC4=CC(=O)C=C[C@]4(C)[C@@]3(F)[C@@H](O)C[C@]2(C)[C@@]1(O)C(=O)CO.N=[N+]=N. The van der Waals surface area contributed by atoms with Crippen LogP contribution in [0.1, 0.15) is 46.5 Å². The third kappa shape index (κ3) is 2.80. The molecule has 0 radical (unpaired) electrons. The Balaban J connectivity index is 0.000000858. The molecule has 0 bridgehead atoms. The highest BCUT2D eigenvalue weighted by Crippen LogP contribution is 2.70. The van der Waals surface area contributed by atoms with Gasteiger partial charge in [0.25, 0.3) is 0 Å². The maximum Gasteiger partial charge on any atom is 0.211 e. The number of carbonyl (C=O) groups is 2. The van der Waals surface area contributed by atoms with Crippen molar-refractivity contribution in [2.45, 2.75) is 63.8 Å². The summed E-state index contributed by atoms with van der Waals surface area (Å²) in [4.78, 5) is 26.4. The number of nitrogens with zero attached hydrogens (tertiary/aromatic N) is 1. The lowest BCUT2D eigenvalue weighted by molar-refractivity contribution is -0.219. The molecule has 4 rings (SSSR count). The molecule has 0 unspecified atom stereocenters. The number of halogens is 1. The fourth-order valence-electron chi connectivity index (χ4n) is 7.26. The van der Waals surface area contributed by atoms with Crippen LogP contribution in [0.2, 0.25) is 0 Å². The molecule has 9 heteroatoms. The molecule has 0 aromatic rings. The summed E-state index contributed by atoms with van der Waals surface area (Å²) in [6, 6.07) is 0. The Labute approximate surface area is 180 Å². The van der Waals surface area contributed by atoms with Crippen LogP contribution in [0.5, 0.6) is 0 Å². The van der Waals surface area contributed by atoms with E-state index >= 15 is 4.39 Å². The van der Waals surface area contributed by atoms with Crippen molar-refractivity contribution in [2.75, 3.05) is 6.61 Å². The first-order valence-corrected chi connectivity index (χ1v) is 10.6. The molecule has 3 fully saturated rings. The van der Waals surface area contributed by atoms with Gasteiger partial charge in [0.15, 0.2) is 17.2 Å². The molecule has 31 heavy (non-hydrogen) atoms. The van der Waals surface area contributed by atoms with E-state index in [9.17, 15) is 24.9 Å². The number of carbonyl (C=O) groups excluding carboxylic acids is 2. The summed E-state index contributed by atoms with van der Waals surface area (Å²) in [7, 11) is 0. The van der Waals surface area contributed by atoms with Crippen molar-refractivity contribution in [3.05, 3.63) is 23.8 Å². The summed E-state index contributed by atoms with van der Waals surface area (Å²) in [6.45, 7) is 4.48. The molecule has 0 heterocycles. The van der Waals surface area contributed by atoms with Crippen molar-refractivity contribution in [1.82, 2.24) is 4.91 Å². The summed E-state index contributed by atoms with van der Waals surface area (Å²) >= 11 is 0. The number of rotatable bonds is 2. The second kappa shape index (κ2) is 7.52. The number of nitrogens with one attached hydrogen (secondary N) is 2. The molecule has 0 saturated heterocycles. The number of alkyl halides is 1. The first kappa shape index (κ1) is 23.6. The van der Waals surface area contributed by atoms with E-state index in [1.54, 1.807) is 26.8 Å². The molecule has 0 aromatic carbocycles. The van der Waals surface area contributed by atoms with Crippen molar-refractivity contribution in [2.24, 2.45) is 28.6 Å². The van der Waals surface area contributed by atoms with Gasteiger partial charge >= 0.3 is 0 Å². The van der Waals surface area contributed by atoms with Gasteiger partial charge in [0.05, 0.1) is 6.10 Å². The van der Waals surface area contributed by atoms with Crippen molar-refractivity contribution >= 4 is 11.6 Å². The normalized spacial score (nSPS) is 47.7. The Morgan fingerprint density at radius 3 is 2.52 bits per heavy atom. The first-order valence-electron chi connectivity index (χ1n) is 10.6. The fraction of sp³-hybridized carbons (Fsp3) is 0.727. The van der Waals surface area contributed by atoms with Crippen LogP contribution in [0.3, 0.4) is 0 Å². The highest BCUT2D eigenvalue weighted by Gasteiger charge is 2.75. The van der Waals surface area contributed by atoms with Crippen LogP contribution in [0.4, 0.5) is 4.39 Å². The van der Waals surface area contributed by atoms with Gasteiger partial charge in [-0.3, -0.25) is 9.59 Å². The molecule has 0 amide bonds. The third-order valence-corrected chi connectivity index (χ3v) is 8.79. The number of ketones is 2. The summed E-state index contributed by atoms with van der Waals surface area (Å²) < 4.78 is 16.9. The van der Waals surface area contributed by atoms with E-state index in [1.807, 2.05) is 4.91 Å². The van der Waals surface area contributed by atoms with E-state index in [0.29, 0.717) is 24.8 Å². The lowest BCUT2D eigenvalue weighted by Gasteiger charge is -2.62. The molecule has 5 N–H and O–H groups in total. The van der Waals surface area contributed by atoms with Crippen molar-refractivity contribution in [1.29, 1.82) is 11.1 Å². The lowest BCUT2D eigenvalue weighted by atomic mass is 9.44. The van der Waals surface area contributed by atoms with Gasteiger partial charge in [-0.25, -0.2) is 4.39 Å². The van der Waals surface area contributed by atoms with Gasteiger partial charge in [0, 0.05) is 16.7 Å². The highest BCUT2D eigenvalue weighted by molar-refractivity contribution is 6.01. The summed E-state index contributed by atoms with van der Waals surface area (Å²) in [5.74, 6) is -2.12. The molecular formula is C22H31FN3O5+. The standard InChI is InChI=1S/C22H29FO5.H2N3/c1-12-8-16-15-5-4-13-9-14(25)6-7-19(13,2)21(15,23)17(26)10-20(16,3)22(12,28)18(27)11-24;1-3-2/h6-7,9,12,15-17,24,26,28H,4-5,8,10-11H2,1-3H3;1-2H/q;+1/t12-,15+,16+,17+,19+,20+,21+,22+;/m1./s1. The maximum atomic E-state index is 16.9. The molecule has 3 saturated carbocycles. The van der Waals surface area contributed by atoms with Gasteiger partial charge in [0.2, 0.25) is 4.91 Å². The largest absolute Gasteiger partial charge is 0.390 e. The van der Waals surface area contributed by atoms with E-state index in [2.05, 4.69) is 0 Å². The fourth-order valence-corrected chi connectivity index (χ4v) is 7.26. The molecule has 170 valence electrons. The minimum absolute atomic E-state index is 0.0676. The van der Waals surface area contributed by atoms with Gasteiger partial charge in [-0.05, 0) is 56.6 Å². The molecule has 0 aromatic heterocycles. The third-order valence-electron chi connectivity index (χ3n) is 8.79. The Hall–Kier alpha value is -2.06. The first-order chi connectivity index (χ1) is 14.4. The number of hydrogen-bond acceptors (Lipinski definition) is 7. The molecule has 4 aliphatic rings. The summed E-state index contributed by atoms with van der Waals surface area (Å²) in [5.41, 5.74) is 5.83. The molecule has 4 aliphatic carbocycles. The highest BCUT2D eigenvalue weighted by atomic mass is 19.1. The Morgan fingerprint density at radius 1 is 1.32 bits per heavy atom. The van der Waals surface area contributed by atoms with Gasteiger partial charge in [0.1, 0.15) is 23.3 Å². The molecule has 8 nitrogen and oxygen atoms in total. The Kier molecular flexibility index (Phi) is 5.72. The van der Waals surface area contributed by atoms with E-state index in [0.717, 1.165) is 0 Å². The van der Waals surface area contributed by atoms with Crippen LogP contribution in [0.25, 0.3) is 0 Å². The quantitative estimate of drug-likeness (QED) is 0.331. The molecule has 0 aliphatic heterocycles. The predicted molar refractivity (Wildman–Crippen MR) is 108 cm³/mol. The van der Waals surface area contributed by atoms with E-state index < -0.39 is 52.4 Å². The zero-order valence-electron chi connectivity index (χ0n) is 18.1. The Morgan fingerprint density at radius 2 is 1.94 bits per heavy atom. The number of aliphatic hydroxyl groups is 3. The molecule has 8 atom stereocenters. The monoisotopic (exact) mass is 436 g/mol. The van der Waals surface area contributed by atoms with E-state index in [-0.39, 0.29) is 18.1 Å². The van der Waals surface area contributed by atoms with Crippen LogP contribution in [-0.2, 0) is 9.59 Å². The number of fused-ring (bicyclic) bond motifs is 5. The smallest absolute Gasteiger partial charge is 0.211 e. The zero-order valence-corrected chi connectivity index (χ0v) is 18.1. The molecular weight excluding hydrogens is 405 g/mol. The number of aliphatic hydroxyl groups excluding tert-OH is 2. The van der Waals surface area contributed by atoms with Gasteiger partial charge < -0.3 is 15.3 Å². The summed E-state index contributed by atoms with van der Waals surface area (Å²) in [5, 5.41) is 32.0. The van der Waals surface area contributed by atoms with Gasteiger partial charge in [-0.1, -0.05) is 25.5 Å². The number of allylic oxidation sites excluding steroid dienone is 4.